The monoisotopic (exact) mass is 261 g/mol. The van der Waals surface area contributed by atoms with E-state index >= 15 is 0 Å². The number of sulfone groups is 1. The molecular weight excluding hydrogens is 234 g/mol. The van der Waals surface area contributed by atoms with Gasteiger partial charge in [-0.25, -0.2) is 8.42 Å². The van der Waals surface area contributed by atoms with Crippen LogP contribution in [0.25, 0.3) is 0 Å². The normalized spacial score (nSPS) is 26.0. The quantitative estimate of drug-likeness (QED) is 0.825. The molecule has 1 aliphatic heterocycles. The first-order valence-electron chi connectivity index (χ1n) is 6.67. The topological polar surface area (TPSA) is 46.2 Å². The van der Waals surface area contributed by atoms with E-state index in [0.717, 1.165) is 25.8 Å². The summed E-state index contributed by atoms with van der Waals surface area (Å²) in [4.78, 5) is 0. The van der Waals surface area contributed by atoms with E-state index in [1.165, 1.54) is 0 Å². The van der Waals surface area contributed by atoms with Crippen LogP contribution >= 0.6 is 0 Å². The number of hydrogen-bond acceptors (Lipinski definition) is 3. The first-order valence-corrected chi connectivity index (χ1v) is 8.49. The van der Waals surface area contributed by atoms with E-state index in [0.29, 0.717) is 28.9 Å². The van der Waals surface area contributed by atoms with Crippen molar-refractivity contribution in [1.29, 1.82) is 0 Å². The van der Waals surface area contributed by atoms with Crippen molar-refractivity contribution in [2.45, 2.75) is 53.0 Å². The van der Waals surface area contributed by atoms with E-state index in [9.17, 15) is 8.42 Å². The molecule has 1 N–H and O–H groups in total. The van der Waals surface area contributed by atoms with Crippen molar-refractivity contribution in [2.24, 2.45) is 11.3 Å². The Hall–Kier alpha value is -0.0900. The maximum Gasteiger partial charge on any atom is 0.150 e. The van der Waals surface area contributed by atoms with Gasteiger partial charge in [0.05, 0.1) is 11.5 Å². The summed E-state index contributed by atoms with van der Waals surface area (Å²) in [5.74, 6) is 1.09. The SMILES string of the molecule is CCNC(CCC(C)(C)C)C1CCS(=O)(=O)C1. The summed E-state index contributed by atoms with van der Waals surface area (Å²) in [6.07, 6.45) is 3.06. The summed E-state index contributed by atoms with van der Waals surface area (Å²) >= 11 is 0. The summed E-state index contributed by atoms with van der Waals surface area (Å²) in [5.41, 5.74) is 0.325. The average molecular weight is 261 g/mol. The predicted octanol–water partition coefficient (Wildman–Crippen LogP) is 2.23. The molecule has 3 nitrogen and oxygen atoms in total. The smallest absolute Gasteiger partial charge is 0.150 e. The minimum Gasteiger partial charge on any atom is -0.314 e. The molecule has 0 spiro atoms. The molecule has 0 amide bonds. The first-order chi connectivity index (χ1) is 7.73. The van der Waals surface area contributed by atoms with Crippen molar-refractivity contribution >= 4 is 9.84 Å². The highest BCUT2D eigenvalue weighted by Gasteiger charge is 2.33. The van der Waals surface area contributed by atoms with Gasteiger partial charge in [0, 0.05) is 6.04 Å². The molecule has 0 aromatic heterocycles. The third kappa shape index (κ3) is 5.38. The summed E-state index contributed by atoms with van der Waals surface area (Å²) < 4.78 is 23.0. The maximum absolute atomic E-state index is 11.5. The van der Waals surface area contributed by atoms with Crippen LogP contribution in [0.15, 0.2) is 0 Å². The molecule has 0 radical (unpaired) electrons. The average Bonchev–Trinajstić information content (AvgIpc) is 2.52. The Morgan fingerprint density at radius 3 is 2.41 bits per heavy atom. The molecule has 1 saturated heterocycles. The molecule has 1 heterocycles. The van der Waals surface area contributed by atoms with Crippen LogP contribution in [0.4, 0.5) is 0 Å². The van der Waals surface area contributed by atoms with Crippen molar-refractivity contribution < 1.29 is 8.42 Å². The highest BCUT2D eigenvalue weighted by Crippen LogP contribution is 2.28. The van der Waals surface area contributed by atoms with Crippen LogP contribution in [0.5, 0.6) is 0 Å². The fourth-order valence-corrected chi connectivity index (χ4v) is 4.38. The van der Waals surface area contributed by atoms with Gasteiger partial charge in [-0.05, 0) is 37.1 Å². The molecule has 17 heavy (non-hydrogen) atoms. The third-order valence-electron chi connectivity index (χ3n) is 3.51. The van der Waals surface area contributed by atoms with E-state index in [2.05, 4.69) is 33.0 Å². The standard InChI is InChI=1S/C13H27NO2S/c1-5-14-12(6-8-13(2,3)4)11-7-9-17(15,16)10-11/h11-12,14H,5-10H2,1-4H3. The summed E-state index contributed by atoms with van der Waals surface area (Å²) in [7, 11) is -2.75. The molecule has 2 unspecified atom stereocenters. The highest BCUT2D eigenvalue weighted by atomic mass is 32.2. The van der Waals surface area contributed by atoms with Crippen LogP contribution in [-0.4, -0.2) is 32.5 Å². The number of nitrogens with one attached hydrogen (secondary N) is 1. The zero-order chi connectivity index (χ0) is 13.1. The lowest BCUT2D eigenvalue weighted by Crippen LogP contribution is -2.37. The highest BCUT2D eigenvalue weighted by molar-refractivity contribution is 7.91. The predicted molar refractivity (Wildman–Crippen MR) is 72.9 cm³/mol. The van der Waals surface area contributed by atoms with Gasteiger partial charge in [-0.3, -0.25) is 0 Å². The Labute approximate surface area is 106 Å². The van der Waals surface area contributed by atoms with Crippen molar-refractivity contribution in [3.8, 4) is 0 Å². The molecule has 0 saturated carbocycles. The van der Waals surface area contributed by atoms with Crippen LogP contribution in [0.3, 0.4) is 0 Å². The van der Waals surface area contributed by atoms with Crippen LogP contribution in [0, 0.1) is 11.3 Å². The Balaban J connectivity index is 2.54. The van der Waals surface area contributed by atoms with E-state index < -0.39 is 9.84 Å². The molecule has 2 atom stereocenters. The molecule has 102 valence electrons. The van der Waals surface area contributed by atoms with Gasteiger partial charge in [0.2, 0.25) is 0 Å². The van der Waals surface area contributed by atoms with Gasteiger partial charge in [-0.15, -0.1) is 0 Å². The molecule has 1 fully saturated rings. The number of rotatable bonds is 5. The van der Waals surface area contributed by atoms with Crippen molar-refractivity contribution in [3.63, 3.8) is 0 Å². The maximum atomic E-state index is 11.5. The lowest BCUT2D eigenvalue weighted by molar-refractivity contribution is 0.291. The minimum absolute atomic E-state index is 0.322. The van der Waals surface area contributed by atoms with Crippen LogP contribution < -0.4 is 5.32 Å². The first kappa shape index (κ1) is 15.0. The summed E-state index contributed by atoms with van der Waals surface area (Å²) in [6, 6.07) is 0.372. The molecule has 0 aromatic rings. The van der Waals surface area contributed by atoms with Gasteiger partial charge in [0.15, 0.2) is 9.84 Å². The van der Waals surface area contributed by atoms with Gasteiger partial charge in [-0.1, -0.05) is 27.7 Å². The second-order valence-electron chi connectivity index (χ2n) is 6.43. The largest absolute Gasteiger partial charge is 0.314 e. The number of hydrogen-bond donors (Lipinski definition) is 1. The third-order valence-corrected chi connectivity index (χ3v) is 5.30. The van der Waals surface area contributed by atoms with Crippen molar-refractivity contribution in [3.05, 3.63) is 0 Å². The molecule has 1 aliphatic rings. The molecule has 1 rings (SSSR count). The van der Waals surface area contributed by atoms with Gasteiger partial charge in [0.1, 0.15) is 0 Å². The van der Waals surface area contributed by atoms with Gasteiger partial charge in [0.25, 0.3) is 0 Å². The molecule has 0 bridgehead atoms. The van der Waals surface area contributed by atoms with Crippen molar-refractivity contribution in [1.82, 2.24) is 5.32 Å². The van der Waals surface area contributed by atoms with E-state index in [1.807, 2.05) is 0 Å². The fraction of sp³-hybridized carbons (Fsp3) is 1.00. The van der Waals surface area contributed by atoms with Crippen LogP contribution in [0.2, 0.25) is 0 Å². The zero-order valence-corrected chi connectivity index (χ0v) is 12.4. The molecule has 4 heteroatoms. The summed E-state index contributed by atoms with van der Waals surface area (Å²) in [5, 5.41) is 3.47. The summed E-state index contributed by atoms with van der Waals surface area (Å²) in [6.45, 7) is 9.73. The fourth-order valence-electron chi connectivity index (χ4n) is 2.50. The molecule has 0 aromatic carbocycles. The Morgan fingerprint density at radius 1 is 1.35 bits per heavy atom. The van der Waals surface area contributed by atoms with E-state index in [1.54, 1.807) is 0 Å². The lowest BCUT2D eigenvalue weighted by atomic mass is 9.85. The molecular formula is C13H27NO2S. The Kier molecular flexibility index (Phi) is 5.02. The molecule has 0 aliphatic carbocycles. The second kappa shape index (κ2) is 5.70. The minimum atomic E-state index is -2.75. The van der Waals surface area contributed by atoms with E-state index in [4.69, 9.17) is 0 Å². The Morgan fingerprint density at radius 2 is 2.00 bits per heavy atom. The van der Waals surface area contributed by atoms with Gasteiger partial charge >= 0.3 is 0 Å². The van der Waals surface area contributed by atoms with Crippen LogP contribution in [-0.2, 0) is 9.84 Å². The Bertz CT molecular complexity index is 330. The van der Waals surface area contributed by atoms with Gasteiger partial charge in [-0.2, -0.15) is 0 Å². The second-order valence-corrected chi connectivity index (χ2v) is 8.66. The lowest BCUT2D eigenvalue weighted by Gasteiger charge is -2.27. The van der Waals surface area contributed by atoms with E-state index in [-0.39, 0.29) is 0 Å². The van der Waals surface area contributed by atoms with Crippen molar-refractivity contribution in [2.75, 3.05) is 18.1 Å². The van der Waals surface area contributed by atoms with Gasteiger partial charge < -0.3 is 5.32 Å². The van der Waals surface area contributed by atoms with Crippen LogP contribution in [0.1, 0.15) is 47.0 Å². The zero-order valence-electron chi connectivity index (χ0n) is 11.6.